The van der Waals surface area contributed by atoms with E-state index in [1.54, 1.807) is 6.07 Å². The third-order valence-corrected chi connectivity index (χ3v) is 4.22. The number of benzene rings is 1. The van der Waals surface area contributed by atoms with Gasteiger partial charge in [-0.05, 0) is 59.5 Å². The van der Waals surface area contributed by atoms with Gasteiger partial charge in [0.25, 0.3) is 0 Å². The first-order chi connectivity index (χ1) is 9.08. The highest BCUT2D eigenvalue weighted by atomic mass is 79.9. The maximum absolute atomic E-state index is 13.5. The lowest BCUT2D eigenvalue weighted by Crippen LogP contribution is -2.12. The second-order valence-corrected chi connectivity index (χ2v) is 5.73. The minimum Gasteiger partial charge on any atom is -0.320 e. The molecule has 2 nitrogen and oxygen atoms in total. The van der Waals surface area contributed by atoms with E-state index in [1.807, 2.05) is 23.8 Å². The van der Waals surface area contributed by atoms with Crippen LogP contribution in [0.15, 0.2) is 28.9 Å². The van der Waals surface area contributed by atoms with E-state index in [1.165, 1.54) is 6.07 Å². The molecule has 1 aromatic heterocycles. The number of hydrogen-bond donors (Lipinski definition) is 0. The maximum atomic E-state index is 13.5. The van der Waals surface area contributed by atoms with Gasteiger partial charge in [-0.3, -0.25) is 4.79 Å². The van der Waals surface area contributed by atoms with Crippen molar-refractivity contribution in [3.63, 3.8) is 0 Å². The molecule has 0 bridgehead atoms. The zero-order valence-electron chi connectivity index (χ0n) is 10.5. The normalized spacial score (nSPS) is 14.6. The molecule has 19 heavy (non-hydrogen) atoms. The van der Waals surface area contributed by atoms with Gasteiger partial charge in [0, 0.05) is 29.6 Å². The van der Waals surface area contributed by atoms with Gasteiger partial charge in [-0.15, -0.1) is 0 Å². The maximum Gasteiger partial charge on any atom is 0.164 e. The van der Waals surface area contributed by atoms with Crippen molar-refractivity contribution in [1.29, 1.82) is 0 Å². The van der Waals surface area contributed by atoms with Crippen LogP contribution in [0.2, 0.25) is 0 Å². The number of hydrogen-bond acceptors (Lipinski definition) is 1. The Morgan fingerprint density at radius 2 is 2.11 bits per heavy atom. The zero-order valence-corrected chi connectivity index (χ0v) is 12.1. The summed E-state index contributed by atoms with van der Waals surface area (Å²) in [5.74, 6) is -0.0582. The smallest absolute Gasteiger partial charge is 0.164 e. The van der Waals surface area contributed by atoms with Crippen molar-refractivity contribution in [3.8, 4) is 5.69 Å². The first-order valence-corrected chi connectivity index (χ1v) is 7.06. The quantitative estimate of drug-likeness (QED) is 0.771. The lowest BCUT2D eigenvalue weighted by molar-refractivity contribution is 0.0972. The summed E-state index contributed by atoms with van der Waals surface area (Å²) in [5, 5.41) is 0. The molecule has 0 atom stereocenters. The van der Waals surface area contributed by atoms with Gasteiger partial charge in [0.05, 0.1) is 4.47 Å². The number of rotatable bonds is 1. The molecule has 4 heteroatoms. The molecule has 0 unspecified atom stereocenters. The average Bonchev–Trinajstić information content (AvgIpc) is 2.79. The summed E-state index contributed by atoms with van der Waals surface area (Å²) in [7, 11) is 0. The van der Waals surface area contributed by atoms with E-state index in [2.05, 4.69) is 15.9 Å². The third kappa shape index (κ3) is 2.04. The van der Waals surface area contributed by atoms with Crippen molar-refractivity contribution in [2.45, 2.75) is 26.2 Å². The molecule has 0 saturated carbocycles. The number of carbonyl (C=O) groups is 1. The highest BCUT2D eigenvalue weighted by Gasteiger charge is 2.21. The number of aromatic nitrogens is 1. The molecule has 0 aliphatic heterocycles. The number of carbonyl (C=O) groups excluding carboxylic acids is 1. The fourth-order valence-corrected chi connectivity index (χ4v) is 2.98. The SMILES string of the molecule is Cc1cc(F)c(Br)cc1-n1ccc2c1CCCC2=O. The standard InChI is InChI=1S/C15H13BrFNO/c1-9-7-12(17)11(16)8-14(9)18-6-5-10-13(18)3-2-4-15(10)19/h5-8H,2-4H2,1H3. The number of halogens is 2. The van der Waals surface area contributed by atoms with E-state index in [-0.39, 0.29) is 11.6 Å². The average molecular weight is 322 g/mol. The fourth-order valence-electron chi connectivity index (χ4n) is 2.65. The second-order valence-electron chi connectivity index (χ2n) is 4.88. The van der Waals surface area contributed by atoms with E-state index < -0.39 is 0 Å². The second kappa shape index (κ2) is 4.60. The molecule has 1 aliphatic rings. The highest BCUT2D eigenvalue weighted by molar-refractivity contribution is 9.10. The van der Waals surface area contributed by atoms with E-state index in [0.717, 1.165) is 35.3 Å². The molecule has 1 aromatic carbocycles. The molecule has 98 valence electrons. The summed E-state index contributed by atoms with van der Waals surface area (Å²) < 4.78 is 15.9. The predicted molar refractivity (Wildman–Crippen MR) is 75.4 cm³/mol. The molecule has 0 radical (unpaired) electrons. The fraction of sp³-hybridized carbons (Fsp3) is 0.267. The van der Waals surface area contributed by atoms with Gasteiger partial charge in [0.2, 0.25) is 0 Å². The topological polar surface area (TPSA) is 22.0 Å². The van der Waals surface area contributed by atoms with Gasteiger partial charge in [-0.25, -0.2) is 4.39 Å². The van der Waals surface area contributed by atoms with Crippen LogP contribution in [-0.2, 0) is 6.42 Å². The summed E-state index contributed by atoms with van der Waals surface area (Å²) in [5.41, 5.74) is 3.63. The molecule has 1 aliphatic carbocycles. The van der Waals surface area contributed by atoms with Gasteiger partial charge in [-0.1, -0.05) is 0 Å². The van der Waals surface area contributed by atoms with E-state index in [4.69, 9.17) is 0 Å². The Morgan fingerprint density at radius 1 is 1.32 bits per heavy atom. The van der Waals surface area contributed by atoms with Crippen LogP contribution in [-0.4, -0.2) is 10.4 Å². The van der Waals surface area contributed by atoms with Crippen LogP contribution < -0.4 is 0 Å². The first-order valence-electron chi connectivity index (χ1n) is 6.27. The van der Waals surface area contributed by atoms with Gasteiger partial charge in [-0.2, -0.15) is 0 Å². The van der Waals surface area contributed by atoms with E-state index in [0.29, 0.717) is 10.9 Å². The molecule has 2 aromatic rings. The molecular weight excluding hydrogens is 309 g/mol. The third-order valence-electron chi connectivity index (χ3n) is 3.61. The van der Waals surface area contributed by atoms with Crippen LogP contribution in [0.25, 0.3) is 5.69 Å². The van der Waals surface area contributed by atoms with Gasteiger partial charge in [0.1, 0.15) is 5.82 Å². The van der Waals surface area contributed by atoms with Crippen molar-refractivity contribution in [1.82, 2.24) is 4.57 Å². The van der Waals surface area contributed by atoms with Crippen LogP contribution in [0.1, 0.15) is 34.5 Å². The number of ketones is 1. The minimum absolute atomic E-state index is 0.207. The van der Waals surface area contributed by atoms with E-state index in [9.17, 15) is 9.18 Å². The van der Waals surface area contributed by atoms with Gasteiger partial charge in [0.15, 0.2) is 5.78 Å². The largest absolute Gasteiger partial charge is 0.320 e. The van der Waals surface area contributed by atoms with Crippen LogP contribution >= 0.6 is 15.9 Å². The molecular formula is C15H13BrFNO. The summed E-state index contributed by atoms with van der Waals surface area (Å²) in [4.78, 5) is 11.9. The van der Waals surface area contributed by atoms with Crippen molar-refractivity contribution in [3.05, 3.63) is 51.5 Å². The van der Waals surface area contributed by atoms with Crippen LogP contribution in [0.3, 0.4) is 0 Å². The van der Waals surface area contributed by atoms with Crippen molar-refractivity contribution >= 4 is 21.7 Å². The molecule has 0 amide bonds. The lowest BCUT2D eigenvalue weighted by Gasteiger charge is -2.17. The Bertz CT molecular complexity index is 675. The summed E-state index contributed by atoms with van der Waals surface area (Å²) in [6, 6.07) is 5.15. The summed E-state index contributed by atoms with van der Waals surface area (Å²) in [6.45, 7) is 1.88. The molecule has 0 fully saturated rings. The Hall–Kier alpha value is -1.42. The summed E-state index contributed by atoms with van der Waals surface area (Å²) >= 11 is 3.22. The number of fused-ring (bicyclic) bond motifs is 1. The number of nitrogens with zero attached hydrogens (tertiary/aromatic N) is 1. The van der Waals surface area contributed by atoms with Crippen LogP contribution in [0.5, 0.6) is 0 Å². The summed E-state index contributed by atoms with van der Waals surface area (Å²) in [6.07, 6.45) is 4.31. The van der Waals surface area contributed by atoms with Crippen LogP contribution in [0.4, 0.5) is 4.39 Å². The zero-order chi connectivity index (χ0) is 13.6. The van der Waals surface area contributed by atoms with Crippen LogP contribution in [0, 0.1) is 12.7 Å². The number of Topliss-reactive ketones (excluding diaryl/α,β-unsaturated/α-hetero) is 1. The van der Waals surface area contributed by atoms with Gasteiger partial charge >= 0.3 is 0 Å². The Morgan fingerprint density at radius 3 is 2.89 bits per heavy atom. The van der Waals surface area contributed by atoms with E-state index >= 15 is 0 Å². The van der Waals surface area contributed by atoms with Gasteiger partial charge < -0.3 is 4.57 Å². The monoisotopic (exact) mass is 321 g/mol. The Labute approximate surface area is 119 Å². The Kier molecular flexibility index (Phi) is 3.05. The van der Waals surface area contributed by atoms with Crippen molar-refractivity contribution < 1.29 is 9.18 Å². The lowest BCUT2D eigenvalue weighted by atomic mass is 9.96. The minimum atomic E-state index is -0.265. The molecule has 0 N–H and O–H groups in total. The Balaban J connectivity index is 2.18. The molecule has 0 saturated heterocycles. The molecule has 1 heterocycles. The molecule has 3 rings (SSSR count). The highest BCUT2D eigenvalue weighted by Crippen LogP contribution is 2.29. The molecule has 0 spiro atoms. The predicted octanol–water partition coefficient (Wildman–Crippen LogP) is 4.21. The van der Waals surface area contributed by atoms with Crippen molar-refractivity contribution in [2.24, 2.45) is 0 Å². The number of aryl methyl sites for hydroxylation is 1. The van der Waals surface area contributed by atoms with Crippen molar-refractivity contribution in [2.75, 3.05) is 0 Å². The first kappa shape index (κ1) is 12.6.